The van der Waals surface area contributed by atoms with Gasteiger partial charge >= 0.3 is 5.97 Å². The second-order valence-corrected chi connectivity index (χ2v) is 4.67. The van der Waals surface area contributed by atoms with E-state index in [1.807, 2.05) is 20.8 Å². The van der Waals surface area contributed by atoms with Crippen LogP contribution in [0.25, 0.3) is 0 Å². The molecule has 1 N–H and O–H groups in total. The number of rotatable bonds is 6. The maximum Gasteiger partial charge on any atom is 0.326 e. The number of carbonyl (C=O) groups excluding carboxylic acids is 1. The molecule has 0 radical (unpaired) electrons. The second kappa shape index (κ2) is 6.73. The first kappa shape index (κ1) is 15.0. The molecule has 1 saturated heterocycles. The summed E-state index contributed by atoms with van der Waals surface area (Å²) in [4.78, 5) is 27.2. The topological polar surface area (TPSA) is 60.9 Å². The first-order valence-electron chi connectivity index (χ1n) is 6.84. The lowest BCUT2D eigenvalue weighted by Gasteiger charge is -2.32. The van der Waals surface area contributed by atoms with Gasteiger partial charge in [0.05, 0.1) is 6.04 Å². The molecule has 1 unspecified atom stereocenters. The van der Waals surface area contributed by atoms with Gasteiger partial charge in [0.15, 0.2) is 0 Å². The summed E-state index contributed by atoms with van der Waals surface area (Å²) in [5.74, 6) is -0.902. The van der Waals surface area contributed by atoms with Gasteiger partial charge in [0.2, 0.25) is 5.91 Å². The van der Waals surface area contributed by atoms with E-state index in [9.17, 15) is 9.59 Å². The van der Waals surface area contributed by atoms with Crippen molar-refractivity contribution in [1.29, 1.82) is 0 Å². The summed E-state index contributed by atoms with van der Waals surface area (Å²) in [7, 11) is 0. The maximum atomic E-state index is 12.5. The number of nitrogens with zero attached hydrogens (tertiary/aromatic N) is 2. The monoisotopic (exact) mass is 256 g/mol. The van der Waals surface area contributed by atoms with Gasteiger partial charge in [0, 0.05) is 6.54 Å². The van der Waals surface area contributed by atoms with Crippen LogP contribution in [0, 0.1) is 0 Å². The lowest BCUT2D eigenvalue weighted by Crippen LogP contribution is -2.51. The second-order valence-electron chi connectivity index (χ2n) is 4.67. The Hall–Kier alpha value is -1.10. The Kier molecular flexibility index (Phi) is 5.59. The quantitative estimate of drug-likeness (QED) is 0.775. The molecule has 0 spiro atoms. The normalized spacial score (nSPS) is 21.3. The SMILES string of the molecule is CCC(C(=O)N1CCC[C@H]1C(=O)O)N(CC)CC. The number of aliphatic carboxylic acids is 1. The van der Waals surface area contributed by atoms with Crippen LogP contribution in [0.4, 0.5) is 0 Å². The van der Waals surface area contributed by atoms with Crippen molar-refractivity contribution in [1.82, 2.24) is 9.80 Å². The fourth-order valence-corrected chi connectivity index (χ4v) is 2.73. The van der Waals surface area contributed by atoms with Gasteiger partial charge in [-0.2, -0.15) is 0 Å². The highest BCUT2D eigenvalue weighted by atomic mass is 16.4. The van der Waals surface area contributed by atoms with E-state index in [0.29, 0.717) is 13.0 Å². The van der Waals surface area contributed by atoms with Crippen molar-refractivity contribution in [2.45, 2.75) is 52.1 Å². The lowest BCUT2D eigenvalue weighted by molar-refractivity contribution is -0.150. The van der Waals surface area contributed by atoms with Gasteiger partial charge < -0.3 is 10.0 Å². The van der Waals surface area contributed by atoms with Crippen LogP contribution in [0.2, 0.25) is 0 Å². The van der Waals surface area contributed by atoms with E-state index in [1.165, 1.54) is 0 Å². The van der Waals surface area contributed by atoms with Gasteiger partial charge in [-0.3, -0.25) is 9.69 Å². The first-order chi connectivity index (χ1) is 8.56. The van der Waals surface area contributed by atoms with Gasteiger partial charge in [-0.25, -0.2) is 4.79 Å². The maximum absolute atomic E-state index is 12.5. The van der Waals surface area contributed by atoms with E-state index in [1.54, 1.807) is 4.90 Å². The van der Waals surface area contributed by atoms with Crippen molar-refractivity contribution in [3.63, 3.8) is 0 Å². The summed E-state index contributed by atoms with van der Waals surface area (Å²) >= 11 is 0. The van der Waals surface area contributed by atoms with Gasteiger partial charge in [-0.05, 0) is 32.4 Å². The number of hydrogen-bond donors (Lipinski definition) is 1. The zero-order valence-electron chi connectivity index (χ0n) is 11.6. The molecule has 1 amide bonds. The molecule has 18 heavy (non-hydrogen) atoms. The Morgan fingerprint density at radius 3 is 2.39 bits per heavy atom. The number of hydrogen-bond acceptors (Lipinski definition) is 3. The third-order valence-corrected chi connectivity index (χ3v) is 3.75. The van der Waals surface area contributed by atoms with Crippen molar-refractivity contribution >= 4 is 11.9 Å². The predicted octanol–water partition coefficient (Wildman–Crippen LogP) is 1.18. The standard InChI is InChI=1S/C13H24N2O3/c1-4-10(14(5-2)6-3)12(16)15-9-7-8-11(15)13(17)18/h10-11H,4-9H2,1-3H3,(H,17,18)/t10?,11-/m0/s1. The Morgan fingerprint density at radius 2 is 1.94 bits per heavy atom. The van der Waals surface area contributed by atoms with Crippen LogP contribution in [-0.4, -0.2) is 58.5 Å². The molecule has 5 heteroatoms. The minimum Gasteiger partial charge on any atom is -0.480 e. The third kappa shape index (κ3) is 3.02. The van der Waals surface area contributed by atoms with Gasteiger partial charge in [-0.1, -0.05) is 20.8 Å². The van der Waals surface area contributed by atoms with E-state index < -0.39 is 12.0 Å². The third-order valence-electron chi connectivity index (χ3n) is 3.75. The van der Waals surface area contributed by atoms with Crippen molar-refractivity contribution in [2.24, 2.45) is 0 Å². The number of carboxylic acids is 1. The van der Waals surface area contributed by atoms with Crippen LogP contribution in [0.1, 0.15) is 40.0 Å². The Balaban J connectivity index is 2.80. The molecule has 5 nitrogen and oxygen atoms in total. The highest BCUT2D eigenvalue weighted by Gasteiger charge is 2.37. The molecule has 0 bridgehead atoms. The molecule has 1 fully saturated rings. The summed E-state index contributed by atoms with van der Waals surface area (Å²) < 4.78 is 0. The lowest BCUT2D eigenvalue weighted by atomic mass is 10.1. The number of likely N-dealkylation sites (tertiary alicyclic amines) is 1. The minimum atomic E-state index is -0.879. The largest absolute Gasteiger partial charge is 0.480 e. The Morgan fingerprint density at radius 1 is 1.33 bits per heavy atom. The molecule has 0 aliphatic carbocycles. The Labute approximate surface area is 109 Å². The van der Waals surface area contributed by atoms with Crippen molar-refractivity contribution in [3.05, 3.63) is 0 Å². The number of likely N-dealkylation sites (N-methyl/N-ethyl adjacent to an activating group) is 1. The van der Waals surface area contributed by atoms with Crippen LogP contribution in [-0.2, 0) is 9.59 Å². The van der Waals surface area contributed by atoms with Crippen LogP contribution in [0.15, 0.2) is 0 Å². The fraction of sp³-hybridized carbons (Fsp3) is 0.846. The molecule has 0 saturated carbocycles. The molecular weight excluding hydrogens is 232 g/mol. The van der Waals surface area contributed by atoms with Gasteiger partial charge in [0.1, 0.15) is 6.04 Å². The molecule has 1 aliphatic heterocycles. The molecule has 1 aliphatic rings. The van der Waals surface area contributed by atoms with Crippen LogP contribution >= 0.6 is 0 Å². The van der Waals surface area contributed by atoms with Crippen molar-refractivity contribution in [3.8, 4) is 0 Å². The summed E-state index contributed by atoms with van der Waals surface area (Å²) in [6.45, 7) is 8.23. The molecule has 0 aromatic rings. The first-order valence-corrected chi connectivity index (χ1v) is 6.84. The molecule has 104 valence electrons. The highest BCUT2D eigenvalue weighted by molar-refractivity contribution is 5.87. The van der Waals surface area contributed by atoms with E-state index in [0.717, 1.165) is 25.9 Å². The van der Waals surface area contributed by atoms with Crippen molar-refractivity contribution < 1.29 is 14.7 Å². The predicted molar refractivity (Wildman–Crippen MR) is 69.4 cm³/mol. The molecule has 1 rings (SSSR count). The average Bonchev–Trinajstić information content (AvgIpc) is 2.84. The highest BCUT2D eigenvalue weighted by Crippen LogP contribution is 2.20. The summed E-state index contributed by atoms with van der Waals surface area (Å²) in [5.41, 5.74) is 0. The Bertz CT molecular complexity index is 303. The summed E-state index contributed by atoms with van der Waals surface area (Å²) in [6.07, 6.45) is 2.09. The zero-order chi connectivity index (χ0) is 13.7. The van der Waals surface area contributed by atoms with Crippen LogP contribution in [0.3, 0.4) is 0 Å². The van der Waals surface area contributed by atoms with Gasteiger partial charge in [0.25, 0.3) is 0 Å². The average molecular weight is 256 g/mol. The zero-order valence-corrected chi connectivity index (χ0v) is 11.6. The number of carboxylic acid groups (broad SMARTS) is 1. The van der Waals surface area contributed by atoms with Crippen LogP contribution in [0.5, 0.6) is 0 Å². The number of amides is 1. The molecule has 1 heterocycles. The van der Waals surface area contributed by atoms with Crippen LogP contribution < -0.4 is 0 Å². The van der Waals surface area contributed by atoms with Gasteiger partial charge in [-0.15, -0.1) is 0 Å². The molecular formula is C13H24N2O3. The van der Waals surface area contributed by atoms with E-state index in [2.05, 4.69) is 4.90 Å². The van der Waals surface area contributed by atoms with Crippen molar-refractivity contribution in [2.75, 3.05) is 19.6 Å². The summed E-state index contributed by atoms with van der Waals surface area (Å²) in [5, 5.41) is 9.13. The molecule has 2 atom stereocenters. The van der Waals surface area contributed by atoms with E-state index >= 15 is 0 Å². The fourth-order valence-electron chi connectivity index (χ4n) is 2.73. The molecule has 0 aromatic carbocycles. The van der Waals surface area contributed by atoms with E-state index in [-0.39, 0.29) is 11.9 Å². The van der Waals surface area contributed by atoms with E-state index in [4.69, 9.17) is 5.11 Å². The number of carbonyl (C=O) groups is 2. The minimum absolute atomic E-state index is 0.0221. The molecule has 0 aromatic heterocycles. The smallest absolute Gasteiger partial charge is 0.326 e. The summed E-state index contributed by atoms with van der Waals surface area (Å²) in [6, 6.07) is -0.804.